The number of anilines is 1. The van der Waals surface area contributed by atoms with Gasteiger partial charge in [-0.3, -0.25) is 4.40 Å². The SMILES string of the molecule is Cc1ccc(CNc2nc3ccccn3c2C(=O)O)cc1. The lowest BCUT2D eigenvalue weighted by Crippen LogP contribution is -2.07. The van der Waals surface area contributed by atoms with Crippen LogP contribution < -0.4 is 5.32 Å². The van der Waals surface area contributed by atoms with Crippen LogP contribution in [0.3, 0.4) is 0 Å². The molecule has 0 amide bonds. The van der Waals surface area contributed by atoms with Crippen LogP contribution in [-0.2, 0) is 6.54 Å². The highest BCUT2D eigenvalue weighted by molar-refractivity contribution is 5.92. The van der Waals surface area contributed by atoms with Crippen molar-refractivity contribution in [2.24, 2.45) is 0 Å². The second-order valence-electron chi connectivity index (χ2n) is 4.88. The van der Waals surface area contributed by atoms with E-state index in [9.17, 15) is 9.90 Å². The van der Waals surface area contributed by atoms with Gasteiger partial charge in [-0.05, 0) is 24.6 Å². The predicted molar refractivity (Wildman–Crippen MR) is 80.7 cm³/mol. The summed E-state index contributed by atoms with van der Waals surface area (Å²) in [7, 11) is 0. The Labute approximate surface area is 121 Å². The van der Waals surface area contributed by atoms with Crippen molar-refractivity contribution < 1.29 is 9.90 Å². The summed E-state index contributed by atoms with van der Waals surface area (Å²) in [5.41, 5.74) is 3.03. The minimum absolute atomic E-state index is 0.151. The zero-order valence-corrected chi connectivity index (χ0v) is 11.6. The van der Waals surface area contributed by atoms with Crippen LogP contribution in [-0.4, -0.2) is 20.5 Å². The number of nitrogens with one attached hydrogen (secondary N) is 1. The van der Waals surface area contributed by atoms with Gasteiger partial charge in [0.05, 0.1) is 0 Å². The Balaban J connectivity index is 1.91. The van der Waals surface area contributed by atoms with Crippen LogP contribution in [0, 0.1) is 6.92 Å². The molecule has 106 valence electrons. The maximum Gasteiger partial charge on any atom is 0.356 e. The smallest absolute Gasteiger partial charge is 0.356 e. The molecule has 5 heteroatoms. The Kier molecular flexibility index (Phi) is 3.31. The van der Waals surface area contributed by atoms with Crippen LogP contribution in [0.5, 0.6) is 0 Å². The summed E-state index contributed by atoms with van der Waals surface area (Å²) in [5.74, 6) is -0.616. The molecule has 2 N–H and O–H groups in total. The van der Waals surface area contributed by atoms with Crippen LogP contribution in [0.15, 0.2) is 48.7 Å². The highest BCUT2D eigenvalue weighted by atomic mass is 16.4. The number of nitrogens with zero attached hydrogens (tertiary/aromatic N) is 2. The number of pyridine rings is 1. The molecule has 0 atom stereocenters. The van der Waals surface area contributed by atoms with Crippen LogP contribution in [0.4, 0.5) is 5.82 Å². The second kappa shape index (κ2) is 5.28. The zero-order valence-electron chi connectivity index (χ0n) is 11.6. The highest BCUT2D eigenvalue weighted by Crippen LogP contribution is 2.18. The van der Waals surface area contributed by atoms with Gasteiger partial charge in [0, 0.05) is 12.7 Å². The van der Waals surface area contributed by atoms with Crippen LogP contribution in [0.2, 0.25) is 0 Å². The van der Waals surface area contributed by atoms with E-state index >= 15 is 0 Å². The predicted octanol–water partition coefficient (Wildman–Crippen LogP) is 2.95. The van der Waals surface area contributed by atoms with Gasteiger partial charge in [-0.15, -0.1) is 0 Å². The zero-order chi connectivity index (χ0) is 14.8. The molecule has 0 aliphatic heterocycles. The summed E-state index contributed by atoms with van der Waals surface area (Å²) in [5, 5.41) is 12.5. The van der Waals surface area contributed by atoms with Crippen molar-refractivity contribution in [3.05, 3.63) is 65.5 Å². The number of rotatable bonds is 4. The summed E-state index contributed by atoms with van der Waals surface area (Å²) >= 11 is 0. The summed E-state index contributed by atoms with van der Waals surface area (Å²) in [6, 6.07) is 13.5. The molecule has 21 heavy (non-hydrogen) atoms. The van der Waals surface area contributed by atoms with Crippen molar-refractivity contribution in [2.45, 2.75) is 13.5 Å². The quantitative estimate of drug-likeness (QED) is 0.771. The van der Waals surface area contributed by atoms with Crippen molar-refractivity contribution >= 4 is 17.4 Å². The van der Waals surface area contributed by atoms with Crippen LogP contribution >= 0.6 is 0 Å². The molecule has 5 nitrogen and oxygen atoms in total. The maximum absolute atomic E-state index is 11.5. The minimum Gasteiger partial charge on any atom is -0.476 e. The number of hydrogen-bond donors (Lipinski definition) is 2. The molecule has 0 fully saturated rings. The third-order valence-corrected chi connectivity index (χ3v) is 3.31. The number of aromatic nitrogens is 2. The number of carbonyl (C=O) groups is 1. The topological polar surface area (TPSA) is 66.6 Å². The molecule has 0 aliphatic rings. The monoisotopic (exact) mass is 281 g/mol. The molecule has 0 saturated heterocycles. The van der Waals surface area contributed by atoms with Gasteiger partial charge in [0.2, 0.25) is 0 Å². The number of aromatic carboxylic acids is 1. The summed E-state index contributed by atoms with van der Waals surface area (Å²) < 4.78 is 1.57. The lowest BCUT2D eigenvalue weighted by molar-refractivity contribution is 0.0690. The van der Waals surface area contributed by atoms with Crippen LogP contribution in [0.25, 0.3) is 5.65 Å². The Morgan fingerprint density at radius 2 is 2.00 bits per heavy atom. The molecule has 0 spiro atoms. The molecule has 0 aliphatic carbocycles. The fraction of sp³-hybridized carbons (Fsp3) is 0.125. The molecule has 2 aromatic heterocycles. The third kappa shape index (κ3) is 2.58. The van der Waals surface area contributed by atoms with Crippen LogP contribution in [0.1, 0.15) is 21.6 Å². The van der Waals surface area contributed by atoms with Gasteiger partial charge in [0.1, 0.15) is 5.65 Å². The molecule has 0 bridgehead atoms. The van der Waals surface area contributed by atoms with Gasteiger partial charge in [0.15, 0.2) is 11.5 Å². The second-order valence-corrected chi connectivity index (χ2v) is 4.88. The average Bonchev–Trinajstić information content (AvgIpc) is 2.85. The van der Waals surface area contributed by atoms with Crippen molar-refractivity contribution in [3.63, 3.8) is 0 Å². The number of imidazole rings is 1. The fourth-order valence-electron chi connectivity index (χ4n) is 2.22. The third-order valence-electron chi connectivity index (χ3n) is 3.31. The molecule has 2 heterocycles. The molecule has 3 aromatic rings. The number of fused-ring (bicyclic) bond motifs is 1. The molecular weight excluding hydrogens is 266 g/mol. The normalized spacial score (nSPS) is 10.7. The Morgan fingerprint density at radius 1 is 1.24 bits per heavy atom. The molecule has 3 rings (SSSR count). The van der Waals surface area contributed by atoms with E-state index in [1.54, 1.807) is 22.7 Å². The standard InChI is InChI=1S/C16H15N3O2/c1-11-5-7-12(8-6-11)10-17-15-14(16(20)21)19-9-3-2-4-13(19)18-15/h2-9,17H,10H2,1H3,(H,20,21). The molecule has 0 saturated carbocycles. The first-order valence-corrected chi connectivity index (χ1v) is 6.65. The van der Waals surface area contributed by atoms with Gasteiger partial charge in [-0.2, -0.15) is 0 Å². The van der Waals surface area contributed by atoms with Gasteiger partial charge in [0.25, 0.3) is 0 Å². The van der Waals surface area contributed by atoms with E-state index in [4.69, 9.17) is 0 Å². The van der Waals surface area contributed by atoms with Gasteiger partial charge in [-0.25, -0.2) is 9.78 Å². The first-order valence-electron chi connectivity index (χ1n) is 6.65. The summed E-state index contributed by atoms with van der Waals surface area (Å²) in [6.07, 6.45) is 1.70. The highest BCUT2D eigenvalue weighted by Gasteiger charge is 2.17. The van der Waals surface area contributed by atoms with E-state index < -0.39 is 5.97 Å². The largest absolute Gasteiger partial charge is 0.476 e. The van der Waals surface area contributed by atoms with Crippen molar-refractivity contribution in [2.75, 3.05) is 5.32 Å². The fourth-order valence-corrected chi connectivity index (χ4v) is 2.22. The van der Waals surface area contributed by atoms with E-state index in [2.05, 4.69) is 10.3 Å². The molecular formula is C16H15N3O2. The van der Waals surface area contributed by atoms with Crippen molar-refractivity contribution in [3.8, 4) is 0 Å². The van der Waals surface area contributed by atoms with E-state index in [0.29, 0.717) is 18.0 Å². The first kappa shape index (κ1) is 13.2. The van der Waals surface area contributed by atoms with Gasteiger partial charge >= 0.3 is 5.97 Å². The summed E-state index contributed by atoms with van der Waals surface area (Å²) in [6.45, 7) is 2.56. The van der Waals surface area contributed by atoms with Crippen molar-refractivity contribution in [1.29, 1.82) is 0 Å². The van der Waals surface area contributed by atoms with E-state index in [1.807, 2.05) is 37.3 Å². The van der Waals surface area contributed by atoms with Crippen molar-refractivity contribution in [1.82, 2.24) is 9.38 Å². The average molecular weight is 281 g/mol. The number of hydrogen-bond acceptors (Lipinski definition) is 3. The molecule has 0 unspecified atom stereocenters. The van der Waals surface area contributed by atoms with E-state index in [-0.39, 0.29) is 5.69 Å². The summed E-state index contributed by atoms with van der Waals surface area (Å²) in [4.78, 5) is 15.8. The van der Waals surface area contributed by atoms with Gasteiger partial charge in [-0.1, -0.05) is 35.9 Å². The van der Waals surface area contributed by atoms with E-state index in [1.165, 1.54) is 5.56 Å². The lowest BCUT2D eigenvalue weighted by Gasteiger charge is -2.05. The number of carboxylic acid groups (broad SMARTS) is 1. The number of aryl methyl sites for hydroxylation is 1. The first-order chi connectivity index (χ1) is 10.1. The Morgan fingerprint density at radius 3 is 2.71 bits per heavy atom. The Hall–Kier alpha value is -2.82. The van der Waals surface area contributed by atoms with Gasteiger partial charge < -0.3 is 10.4 Å². The maximum atomic E-state index is 11.5. The Bertz CT molecular complexity index is 791. The number of carboxylic acids is 1. The minimum atomic E-state index is -1.000. The number of benzene rings is 1. The molecule has 1 aromatic carbocycles. The van der Waals surface area contributed by atoms with E-state index in [0.717, 1.165) is 5.56 Å². The molecule has 0 radical (unpaired) electrons. The lowest BCUT2D eigenvalue weighted by atomic mass is 10.1.